The van der Waals surface area contributed by atoms with Crippen LogP contribution < -0.4 is 0 Å². The summed E-state index contributed by atoms with van der Waals surface area (Å²) in [6.45, 7) is 1.74. The van der Waals surface area contributed by atoms with Gasteiger partial charge in [0.2, 0.25) is 0 Å². The highest BCUT2D eigenvalue weighted by Gasteiger charge is 2.07. The van der Waals surface area contributed by atoms with Gasteiger partial charge in [-0.2, -0.15) is 5.26 Å². The molecule has 2 nitrogen and oxygen atoms in total. The molecule has 0 aromatic heterocycles. The van der Waals surface area contributed by atoms with Gasteiger partial charge >= 0.3 is 0 Å². The van der Waals surface area contributed by atoms with Crippen LogP contribution in [0.2, 0.25) is 0 Å². The minimum absolute atomic E-state index is 0.00522. The Morgan fingerprint density at radius 2 is 2.25 bits per heavy atom. The van der Waals surface area contributed by atoms with Gasteiger partial charge in [0.05, 0.1) is 6.07 Å². The average Bonchev–Trinajstić information content (AvgIpc) is 2.28. The zero-order valence-corrected chi connectivity index (χ0v) is 9.41. The van der Waals surface area contributed by atoms with Crippen molar-refractivity contribution < 1.29 is 9.50 Å². The van der Waals surface area contributed by atoms with Crippen LogP contribution in [0, 0.1) is 30.0 Å². The topological polar surface area (TPSA) is 44.0 Å². The summed E-state index contributed by atoms with van der Waals surface area (Å²) >= 11 is 0. The van der Waals surface area contributed by atoms with Crippen LogP contribution in [0.5, 0.6) is 0 Å². The van der Waals surface area contributed by atoms with Crippen molar-refractivity contribution in [3.63, 3.8) is 0 Å². The molecule has 0 aliphatic carbocycles. The normalized spacial score (nSPS) is 12.1. The summed E-state index contributed by atoms with van der Waals surface area (Å²) in [5.74, 6) is -0.201. The predicted octanol–water partition coefficient (Wildman–Crippen LogP) is 2.59. The van der Waals surface area contributed by atoms with Gasteiger partial charge in [0.1, 0.15) is 5.82 Å². The van der Waals surface area contributed by atoms with E-state index in [4.69, 9.17) is 10.4 Å². The van der Waals surface area contributed by atoms with E-state index in [0.29, 0.717) is 24.8 Å². The number of rotatable bonds is 5. The van der Waals surface area contributed by atoms with Crippen LogP contribution in [0.1, 0.15) is 24.0 Å². The van der Waals surface area contributed by atoms with Crippen LogP contribution in [0.4, 0.5) is 4.39 Å². The maximum Gasteiger partial charge on any atom is 0.126 e. The first-order valence-electron chi connectivity index (χ1n) is 5.40. The zero-order valence-electron chi connectivity index (χ0n) is 9.41. The lowest BCUT2D eigenvalue weighted by molar-refractivity contribution is 0.221. The van der Waals surface area contributed by atoms with Crippen LogP contribution >= 0.6 is 0 Å². The first-order valence-corrected chi connectivity index (χ1v) is 5.40. The number of halogens is 1. The fourth-order valence-electron chi connectivity index (χ4n) is 1.55. The number of aliphatic hydroxyl groups excluding tert-OH is 1. The molecule has 0 spiro atoms. The van der Waals surface area contributed by atoms with Crippen molar-refractivity contribution in [1.82, 2.24) is 0 Å². The summed E-state index contributed by atoms with van der Waals surface area (Å²) < 4.78 is 13.2. The first-order chi connectivity index (χ1) is 7.67. The fraction of sp³-hybridized carbons (Fsp3) is 0.462. The third-order valence-corrected chi connectivity index (χ3v) is 2.72. The Morgan fingerprint density at radius 1 is 1.50 bits per heavy atom. The van der Waals surface area contributed by atoms with E-state index in [2.05, 4.69) is 0 Å². The summed E-state index contributed by atoms with van der Waals surface area (Å²) in [5.41, 5.74) is 1.55. The van der Waals surface area contributed by atoms with Crippen LogP contribution in [0.15, 0.2) is 18.2 Å². The Labute approximate surface area is 95.3 Å². The molecule has 0 fully saturated rings. The van der Waals surface area contributed by atoms with E-state index in [1.54, 1.807) is 13.0 Å². The predicted molar refractivity (Wildman–Crippen MR) is 60.3 cm³/mol. The highest BCUT2D eigenvalue weighted by atomic mass is 19.1. The minimum Gasteiger partial charge on any atom is -0.396 e. The van der Waals surface area contributed by atoms with E-state index in [-0.39, 0.29) is 18.3 Å². The molecule has 0 saturated carbocycles. The number of aryl methyl sites for hydroxylation is 2. The summed E-state index contributed by atoms with van der Waals surface area (Å²) in [4.78, 5) is 0. The Bertz CT molecular complexity index is 384. The number of hydrogen-bond acceptors (Lipinski definition) is 2. The Kier molecular flexibility index (Phi) is 4.94. The van der Waals surface area contributed by atoms with Crippen LogP contribution in [0.25, 0.3) is 0 Å². The molecular formula is C13H16FNO. The second kappa shape index (κ2) is 6.24. The van der Waals surface area contributed by atoms with Gasteiger partial charge in [-0.3, -0.25) is 0 Å². The highest BCUT2D eigenvalue weighted by molar-refractivity contribution is 5.23. The van der Waals surface area contributed by atoms with Crippen molar-refractivity contribution in [2.45, 2.75) is 26.2 Å². The molecule has 1 aromatic rings. The van der Waals surface area contributed by atoms with E-state index >= 15 is 0 Å². The first kappa shape index (κ1) is 12.7. The smallest absolute Gasteiger partial charge is 0.126 e. The Hall–Kier alpha value is -1.40. The quantitative estimate of drug-likeness (QED) is 0.830. The van der Waals surface area contributed by atoms with E-state index in [9.17, 15) is 4.39 Å². The van der Waals surface area contributed by atoms with E-state index in [1.165, 1.54) is 6.07 Å². The summed E-state index contributed by atoms with van der Waals surface area (Å²) in [5, 5.41) is 17.5. The molecule has 1 aromatic carbocycles. The number of aliphatic hydroxyl groups is 1. The number of nitrogens with zero attached hydrogens (tertiary/aromatic N) is 1. The van der Waals surface area contributed by atoms with Gasteiger partial charge in [-0.1, -0.05) is 12.1 Å². The third kappa shape index (κ3) is 3.63. The summed E-state index contributed by atoms with van der Waals surface area (Å²) in [7, 11) is 0. The molecule has 0 amide bonds. The molecule has 0 aliphatic rings. The molecule has 86 valence electrons. The van der Waals surface area contributed by atoms with Crippen molar-refractivity contribution in [2.24, 2.45) is 5.92 Å². The van der Waals surface area contributed by atoms with Crippen LogP contribution in [0.3, 0.4) is 0 Å². The maximum atomic E-state index is 13.2. The molecule has 0 aliphatic heterocycles. The van der Waals surface area contributed by atoms with Crippen molar-refractivity contribution in [3.8, 4) is 6.07 Å². The van der Waals surface area contributed by atoms with Crippen LogP contribution in [-0.4, -0.2) is 11.7 Å². The second-order valence-corrected chi connectivity index (χ2v) is 4.03. The molecule has 0 unspecified atom stereocenters. The van der Waals surface area contributed by atoms with Gasteiger partial charge in [0.15, 0.2) is 0 Å². The Balaban J connectivity index is 2.54. The molecular weight excluding hydrogens is 205 g/mol. The molecule has 1 N–H and O–H groups in total. The lowest BCUT2D eigenvalue weighted by Gasteiger charge is -2.10. The molecule has 1 atom stereocenters. The largest absolute Gasteiger partial charge is 0.396 e. The summed E-state index contributed by atoms with van der Waals surface area (Å²) in [6, 6.07) is 7.21. The van der Waals surface area contributed by atoms with Gasteiger partial charge in [-0.25, -0.2) is 4.39 Å². The lowest BCUT2D eigenvalue weighted by atomic mass is 9.97. The van der Waals surface area contributed by atoms with Crippen LogP contribution in [-0.2, 0) is 6.42 Å². The Morgan fingerprint density at radius 3 is 2.81 bits per heavy atom. The van der Waals surface area contributed by atoms with E-state index in [0.717, 1.165) is 5.56 Å². The van der Waals surface area contributed by atoms with Gasteiger partial charge in [-0.05, 0) is 42.9 Å². The van der Waals surface area contributed by atoms with Crippen molar-refractivity contribution in [2.75, 3.05) is 6.61 Å². The van der Waals surface area contributed by atoms with E-state index in [1.807, 2.05) is 12.1 Å². The molecule has 0 saturated heterocycles. The molecule has 0 heterocycles. The molecule has 1 rings (SSSR count). The van der Waals surface area contributed by atoms with Crippen molar-refractivity contribution >= 4 is 0 Å². The molecule has 0 radical (unpaired) electrons. The van der Waals surface area contributed by atoms with Gasteiger partial charge in [-0.15, -0.1) is 0 Å². The number of nitriles is 1. The van der Waals surface area contributed by atoms with E-state index < -0.39 is 0 Å². The van der Waals surface area contributed by atoms with Gasteiger partial charge < -0.3 is 5.11 Å². The minimum atomic E-state index is -0.196. The van der Waals surface area contributed by atoms with Crippen molar-refractivity contribution in [3.05, 3.63) is 35.1 Å². The molecule has 0 bridgehead atoms. The highest BCUT2D eigenvalue weighted by Crippen LogP contribution is 2.15. The SMILES string of the molecule is Cc1ccc(CC[C@H](CO)CC#N)cc1F. The number of hydrogen-bond donors (Lipinski definition) is 1. The zero-order chi connectivity index (χ0) is 12.0. The molecule has 16 heavy (non-hydrogen) atoms. The van der Waals surface area contributed by atoms with Crippen molar-refractivity contribution in [1.29, 1.82) is 5.26 Å². The number of benzene rings is 1. The second-order valence-electron chi connectivity index (χ2n) is 4.03. The van der Waals surface area contributed by atoms with Gasteiger partial charge in [0.25, 0.3) is 0 Å². The fourth-order valence-corrected chi connectivity index (χ4v) is 1.55. The molecule has 3 heteroatoms. The summed E-state index contributed by atoms with van der Waals surface area (Å²) in [6.07, 6.45) is 1.77. The standard InChI is InChI=1S/C13H16FNO/c1-10-2-3-11(8-13(10)14)4-5-12(9-16)6-7-15/h2-3,8,12,16H,4-6,9H2,1H3/t12-/m0/s1. The average molecular weight is 221 g/mol. The monoisotopic (exact) mass is 221 g/mol. The lowest BCUT2D eigenvalue weighted by Crippen LogP contribution is -2.06. The van der Waals surface area contributed by atoms with Gasteiger partial charge in [0, 0.05) is 13.0 Å². The maximum absolute atomic E-state index is 13.2. The third-order valence-electron chi connectivity index (χ3n) is 2.72.